The van der Waals surface area contributed by atoms with Crippen molar-refractivity contribution in [1.29, 1.82) is 0 Å². The van der Waals surface area contributed by atoms with E-state index in [9.17, 15) is 4.79 Å². The molecule has 5 nitrogen and oxygen atoms in total. The minimum atomic E-state index is -0.862. The zero-order chi connectivity index (χ0) is 17.0. The van der Waals surface area contributed by atoms with Gasteiger partial charge in [-0.15, -0.1) is 5.10 Å². The SMILES string of the molecule is C=CC[n+]1c(SCC(=O)O)n[nH]c1-c1ccc(C(C)(C)C)cc1. The monoisotopic (exact) mass is 332 g/mol. The third kappa shape index (κ3) is 4.22. The molecule has 1 heterocycles. The van der Waals surface area contributed by atoms with Crippen LogP contribution in [-0.4, -0.2) is 27.0 Å². The minimum Gasteiger partial charge on any atom is -0.481 e. The molecule has 0 aliphatic carbocycles. The molecular weight excluding hydrogens is 310 g/mol. The molecule has 0 saturated heterocycles. The zero-order valence-corrected chi connectivity index (χ0v) is 14.5. The van der Waals surface area contributed by atoms with E-state index in [4.69, 9.17) is 5.11 Å². The lowest BCUT2D eigenvalue weighted by atomic mass is 9.87. The molecule has 2 aromatic rings. The predicted molar refractivity (Wildman–Crippen MR) is 91.5 cm³/mol. The van der Waals surface area contributed by atoms with E-state index in [1.807, 2.05) is 4.57 Å². The van der Waals surface area contributed by atoms with E-state index in [-0.39, 0.29) is 11.2 Å². The topological polar surface area (TPSA) is 69.9 Å². The summed E-state index contributed by atoms with van der Waals surface area (Å²) in [5.74, 6) is -0.0396. The summed E-state index contributed by atoms with van der Waals surface area (Å²) in [4.78, 5) is 10.8. The fourth-order valence-corrected chi connectivity index (χ4v) is 2.88. The lowest BCUT2D eigenvalue weighted by molar-refractivity contribution is -0.713. The summed E-state index contributed by atoms with van der Waals surface area (Å²) in [6.07, 6.45) is 1.77. The fourth-order valence-electron chi connectivity index (χ4n) is 2.20. The summed E-state index contributed by atoms with van der Waals surface area (Å²) in [6.45, 7) is 10.9. The quantitative estimate of drug-likeness (QED) is 0.485. The van der Waals surface area contributed by atoms with Gasteiger partial charge >= 0.3 is 11.1 Å². The number of nitrogens with zero attached hydrogens (tertiary/aromatic N) is 2. The molecule has 122 valence electrons. The van der Waals surface area contributed by atoms with Crippen LogP contribution in [0, 0.1) is 0 Å². The van der Waals surface area contributed by atoms with Gasteiger partial charge in [-0.25, -0.2) is 4.57 Å². The summed E-state index contributed by atoms with van der Waals surface area (Å²) < 4.78 is 1.94. The minimum absolute atomic E-state index is 0.0234. The molecule has 0 aliphatic rings. The molecule has 1 aromatic heterocycles. The first-order chi connectivity index (χ1) is 10.8. The maximum absolute atomic E-state index is 10.8. The largest absolute Gasteiger partial charge is 0.481 e. The smallest absolute Gasteiger partial charge is 0.337 e. The van der Waals surface area contributed by atoms with Crippen LogP contribution in [0.5, 0.6) is 0 Å². The van der Waals surface area contributed by atoms with Crippen molar-refractivity contribution >= 4 is 17.7 Å². The molecule has 0 spiro atoms. The Labute approximate surface area is 140 Å². The van der Waals surface area contributed by atoms with Gasteiger partial charge in [0.2, 0.25) is 0 Å². The summed E-state index contributed by atoms with van der Waals surface area (Å²) in [5.41, 5.74) is 2.37. The van der Waals surface area contributed by atoms with Gasteiger partial charge < -0.3 is 5.11 Å². The summed E-state index contributed by atoms with van der Waals surface area (Å²) in [7, 11) is 0. The van der Waals surface area contributed by atoms with Crippen LogP contribution in [0.4, 0.5) is 0 Å². The van der Waals surface area contributed by atoms with E-state index >= 15 is 0 Å². The average Bonchev–Trinajstić information content (AvgIpc) is 2.88. The molecule has 23 heavy (non-hydrogen) atoms. The highest BCUT2D eigenvalue weighted by Gasteiger charge is 2.22. The zero-order valence-electron chi connectivity index (χ0n) is 13.7. The van der Waals surface area contributed by atoms with Crippen molar-refractivity contribution in [3.05, 3.63) is 42.5 Å². The van der Waals surface area contributed by atoms with Crippen molar-refractivity contribution in [2.45, 2.75) is 37.9 Å². The van der Waals surface area contributed by atoms with E-state index < -0.39 is 5.97 Å². The number of carboxylic acids is 1. The molecule has 2 N–H and O–H groups in total. The van der Waals surface area contributed by atoms with Crippen LogP contribution in [0.15, 0.2) is 42.1 Å². The third-order valence-corrected chi connectivity index (χ3v) is 4.38. The Morgan fingerprint density at radius 2 is 2.04 bits per heavy atom. The number of nitrogens with one attached hydrogen (secondary N) is 1. The Kier molecular flexibility index (Phi) is 5.26. The fraction of sp³-hybridized carbons (Fsp3) is 0.353. The third-order valence-electron chi connectivity index (χ3n) is 3.42. The normalized spacial score (nSPS) is 11.4. The van der Waals surface area contributed by atoms with Crippen LogP contribution in [-0.2, 0) is 16.8 Å². The molecule has 0 unspecified atom stereocenters. The van der Waals surface area contributed by atoms with Crippen LogP contribution in [0.1, 0.15) is 26.3 Å². The summed E-state index contributed by atoms with van der Waals surface area (Å²) in [5, 5.41) is 16.7. The first-order valence-corrected chi connectivity index (χ1v) is 8.36. The molecule has 0 saturated carbocycles. The van der Waals surface area contributed by atoms with Crippen LogP contribution >= 0.6 is 11.8 Å². The van der Waals surface area contributed by atoms with Crippen molar-refractivity contribution in [1.82, 2.24) is 10.2 Å². The van der Waals surface area contributed by atoms with Crippen molar-refractivity contribution in [3.63, 3.8) is 0 Å². The van der Waals surface area contributed by atoms with Crippen LogP contribution < -0.4 is 4.57 Å². The Hall–Kier alpha value is -2.08. The van der Waals surface area contributed by atoms with Gasteiger partial charge in [-0.3, -0.25) is 4.79 Å². The van der Waals surface area contributed by atoms with E-state index in [1.54, 1.807) is 6.08 Å². The van der Waals surface area contributed by atoms with Gasteiger partial charge in [0, 0.05) is 0 Å². The Balaban J connectivity index is 2.35. The van der Waals surface area contributed by atoms with Crippen LogP contribution in [0.25, 0.3) is 11.4 Å². The molecule has 0 fully saturated rings. The number of rotatable bonds is 6. The lowest BCUT2D eigenvalue weighted by Gasteiger charge is -2.18. The summed E-state index contributed by atoms with van der Waals surface area (Å²) in [6, 6.07) is 8.33. The second-order valence-corrected chi connectivity index (χ2v) is 7.21. The van der Waals surface area contributed by atoms with Crippen molar-refractivity contribution in [2.75, 3.05) is 5.75 Å². The van der Waals surface area contributed by atoms with E-state index in [0.29, 0.717) is 11.7 Å². The maximum atomic E-state index is 10.8. The van der Waals surface area contributed by atoms with Gasteiger partial charge in [0.25, 0.3) is 5.82 Å². The Morgan fingerprint density at radius 3 is 2.57 bits per heavy atom. The highest BCUT2D eigenvalue weighted by atomic mass is 32.2. The van der Waals surface area contributed by atoms with Crippen molar-refractivity contribution in [3.8, 4) is 11.4 Å². The van der Waals surface area contributed by atoms with E-state index in [1.165, 1.54) is 17.3 Å². The predicted octanol–water partition coefficient (Wildman–Crippen LogP) is 3.02. The van der Waals surface area contributed by atoms with Gasteiger partial charge in [0.05, 0.1) is 17.2 Å². The van der Waals surface area contributed by atoms with E-state index in [2.05, 4.69) is 61.8 Å². The number of carbonyl (C=O) groups is 1. The standard InChI is InChI=1S/C17H21N3O2S/c1-5-10-20-15(18-19-16(20)23-11-14(21)22)12-6-8-13(9-7-12)17(2,3)4/h5-9H,1,10-11H2,2-4H3,(H,21,22)/p+1. The molecule has 2 rings (SSSR count). The maximum Gasteiger partial charge on any atom is 0.337 e. The first-order valence-electron chi connectivity index (χ1n) is 7.37. The van der Waals surface area contributed by atoms with Crippen molar-refractivity contribution in [2.24, 2.45) is 0 Å². The Bertz CT molecular complexity index is 700. The van der Waals surface area contributed by atoms with Gasteiger partial charge in [0.1, 0.15) is 5.75 Å². The number of benzene rings is 1. The number of hydrogen-bond donors (Lipinski definition) is 2. The van der Waals surface area contributed by atoms with Crippen molar-refractivity contribution < 1.29 is 14.5 Å². The first kappa shape index (κ1) is 17.3. The number of carboxylic acid groups (broad SMARTS) is 1. The number of aromatic amines is 1. The number of H-pyrrole nitrogens is 1. The number of thioether (sulfide) groups is 1. The highest BCUT2D eigenvalue weighted by Crippen LogP contribution is 2.25. The molecule has 0 amide bonds. The second kappa shape index (κ2) is 7.00. The van der Waals surface area contributed by atoms with Gasteiger partial charge in [-0.05, 0) is 34.9 Å². The summed E-state index contributed by atoms with van der Waals surface area (Å²) >= 11 is 1.19. The molecule has 0 aliphatic heterocycles. The molecule has 1 aromatic carbocycles. The highest BCUT2D eigenvalue weighted by molar-refractivity contribution is 7.99. The number of allylic oxidation sites excluding steroid dienone is 1. The number of hydrogen-bond acceptors (Lipinski definition) is 3. The molecule has 0 bridgehead atoms. The molecule has 6 heteroatoms. The molecule has 0 radical (unpaired) electrons. The van der Waals surface area contributed by atoms with Crippen LogP contribution in [0.3, 0.4) is 0 Å². The Morgan fingerprint density at radius 1 is 1.39 bits per heavy atom. The number of aliphatic carboxylic acids is 1. The van der Waals surface area contributed by atoms with E-state index in [0.717, 1.165) is 11.4 Å². The second-order valence-electron chi connectivity index (χ2n) is 6.26. The average molecular weight is 332 g/mol. The van der Waals surface area contributed by atoms with Gasteiger partial charge in [0.15, 0.2) is 0 Å². The lowest BCUT2D eigenvalue weighted by Crippen LogP contribution is -2.36. The molecular formula is C17H22N3O2S+. The molecule has 0 atom stereocenters. The number of aromatic nitrogens is 3. The van der Waals surface area contributed by atoms with Gasteiger partial charge in [-0.1, -0.05) is 45.6 Å². The van der Waals surface area contributed by atoms with Crippen LogP contribution in [0.2, 0.25) is 0 Å². The van der Waals surface area contributed by atoms with Gasteiger partial charge in [-0.2, -0.15) is 0 Å².